The van der Waals surface area contributed by atoms with Crippen LogP contribution in [-0.4, -0.2) is 38.0 Å². The number of ether oxygens (including phenoxy) is 1. The van der Waals surface area contributed by atoms with E-state index in [1.165, 1.54) is 0 Å². The first-order chi connectivity index (χ1) is 15.5. The van der Waals surface area contributed by atoms with Crippen LogP contribution in [0.5, 0.6) is 5.75 Å². The van der Waals surface area contributed by atoms with Gasteiger partial charge in [0, 0.05) is 23.5 Å². The molecule has 1 amide bonds. The molecule has 1 aliphatic rings. The zero-order chi connectivity index (χ0) is 22.2. The van der Waals surface area contributed by atoms with E-state index in [-0.39, 0.29) is 11.8 Å². The van der Waals surface area contributed by atoms with E-state index in [2.05, 4.69) is 44.7 Å². The molecule has 5 rings (SSSR count). The highest BCUT2D eigenvalue weighted by atomic mass is 16.5. The largest absolute Gasteiger partial charge is 0.497 e. The smallest absolute Gasteiger partial charge is 0.272 e. The number of nitrogens with one attached hydrogen (secondary N) is 1. The van der Waals surface area contributed by atoms with Gasteiger partial charge in [0.05, 0.1) is 24.7 Å². The summed E-state index contributed by atoms with van der Waals surface area (Å²) in [5, 5.41) is 16.0. The van der Waals surface area contributed by atoms with Crippen LogP contribution in [0.25, 0.3) is 17.2 Å². The van der Waals surface area contributed by atoms with Gasteiger partial charge >= 0.3 is 0 Å². The van der Waals surface area contributed by atoms with Gasteiger partial charge < -0.3 is 10.1 Å². The van der Waals surface area contributed by atoms with Crippen molar-refractivity contribution in [3.63, 3.8) is 0 Å². The Hall–Kier alpha value is -4.07. The van der Waals surface area contributed by atoms with E-state index in [9.17, 15) is 4.79 Å². The highest BCUT2D eigenvalue weighted by molar-refractivity contribution is 5.95. The van der Waals surface area contributed by atoms with E-state index in [4.69, 9.17) is 4.74 Å². The first kappa shape index (κ1) is 19.9. The summed E-state index contributed by atoms with van der Waals surface area (Å²) >= 11 is 0. The van der Waals surface area contributed by atoms with Gasteiger partial charge in [0.1, 0.15) is 11.6 Å². The predicted octanol–water partition coefficient (Wildman–Crippen LogP) is 3.82. The van der Waals surface area contributed by atoms with E-state index in [0.29, 0.717) is 23.9 Å². The summed E-state index contributed by atoms with van der Waals surface area (Å²) < 4.78 is 6.89. The van der Waals surface area contributed by atoms with Gasteiger partial charge in [-0.2, -0.15) is 14.9 Å². The van der Waals surface area contributed by atoms with Crippen LogP contribution in [0.3, 0.4) is 0 Å². The van der Waals surface area contributed by atoms with Crippen molar-refractivity contribution in [2.45, 2.75) is 26.2 Å². The molecule has 0 spiro atoms. The van der Waals surface area contributed by atoms with Crippen molar-refractivity contribution in [2.75, 3.05) is 12.4 Å². The Morgan fingerprint density at radius 2 is 1.97 bits per heavy atom. The van der Waals surface area contributed by atoms with Crippen molar-refractivity contribution in [1.29, 1.82) is 0 Å². The number of hydrogen-bond acceptors (Lipinski definition) is 6. The molecule has 1 atom stereocenters. The van der Waals surface area contributed by atoms with Crippen LogP contribution in [0.4, 0.5) is 5.82 Å². The maximum atomic E-state index is 12.7. The Labute approximate surface area is 185 Å². The Balaban J connectivity index is 1.62. The minimum atomic E-state index is -0.0803. The second-order valence-corrected chi connectivity index (χ2v) is 7.79. The molecule has 0 unspecified atom stereocenters. The maximum Gasteiger partial charge on any atom is 0.272 e. The van der Waals surface area contributed by atoms with Crippen molar-refractivity contribution in [2.24, 2.45) is 0 Å². The first-order valence-electron chi connectivity index (χ1n) is 10.3. The van der Waals surface area contributed by atoms with Crippen LogP contribution in [0.1, 0.15) is 34.7 Å². The Morgan fingerprint density at radius 3 is 2.78 bits per heavy atom. The fraction of sp³-hybridized carbons (Fsp3) is 0.208. The lowest BCUT2D eigenvalue weighted by atomic mass is 9.84. The minimum Gasteiger partial charge on any atom is -0.497 e. The molecule has 0 saturated heterocycles. The van der Waals surface area contributed by atoms with E-state index >= 15 is 0 Å². The number of methoxy groups -OCH3 is 1. The summed E-state index contributed by atoms with van der Waals surface area (Å²) in [6, 6.07) is 15.7. The van der Waals surface area contributed by atoms with Gasteiger partial charge in [-0.05, 0) is 37.1 Å². The van der Waals surface area contributed by atoms with Crippen LogP contribution >= 0.6 is 0 Å². The Bertz CT molecular complexity index is 1330. The number of benzene rings is 2. The molecule has 8 heteroatoms. The molecule has 2 aromatic carbocycles. The van der Waals surface area contributed by atoms with Crippen molar-refractivity contribution in [1.82, 2.24) is 25.0 Å². The SMILES string of the molecule is COc1cccc(-c2cnnc(-n3nc(C)c4c3NC(=O)C[C@@H]4c3ccccc3C)n2)c1. The topological polar surface area (TPSA) is 94.8 Å². The highest BCUT2D eigenvalue weighted by Crippen LogP contribution is 2.40. The van der Waals surface area contributed by atoms with Crippen LogP contribution in [0.15, 0.2) is 54.7 Å². The summed E-state index contributed by atoms with van der Waals surface area (Å²) in [6.07, 6.45) is 1.96. The second-order valence-electron chi connectivity index (χ2n) is 7.79. The number of amides is 1. The number of hydrogen-bond donors (Lipinski definition) is 1. The maximum absolute atomic E-state index is 12.7. The summed E-state index contributed by atoms with van der Waals surface area (Å²) in [5.41, 5.74) is 5.55. The van der Waals surface area contributed by atoms with Gasteiger partial charge in [-0.3, -0.25) is 4.79 Å². The van der Waals surface area contributed by atoms with E-state index < -0.39 is 0 Å². The van der Waals surface area contributed by atoms with Gasteiger partial charge in [0.2, 0.25) is 5.91 Å². The molecule has 0 aliphatic carbocycles. The number of nitrogens with zero attached hydrogens (tertiary/aromatic N) is 5. The Kier molecular flexibility index (Phi) is 4.89. The van der Waals surface area contributed by atoms with Gasteiger partial charge in [-0.1, -0.05) is 36.4 Å². The van der Waals surface area contributed by atoms with Crippen LogP contribution < -0.4 is 10.1 Å². The zero-order valence-corrected chi connectivity index (χ0v) is 18.0. The van der Waals surface area contributed by atoms with Crippen molar-refractivity contribution >= 4 is 11.7 Å². The zero-order valence-electron chi connectivity index (χ0n) is 18.0. The number of carbonyl (C=O) groups excluding carboxylic acids is 1. The summed E-state index contributed by atoms with van der Waals surface area (Å²) in [7, 11) is 1.62. The molecule has 0 bridgehead atoms. The standard InChI is InChI=1S/C24H22N6O2/c1-14-7-4-5-10-18(14)19-12-21(31)27-23-22(19)15(2)29-30(23)24-26-20(13-25-28-24)16-8-6-9-17(11-16)32-3/h4-11,13,19H,12H2,1-3H3,(H,27,31)/t19-/m1/s1. The molecule has 0 fully saturated rings. The molecule has 0 saturated carbocycles. The molecule has 1 N–H and O–H groups in total. The lowest BCUT2D eigenvalue weighted by Crippen LogP contribution is -2.25. The Morgan fingerprint density at radius 1 is 1.12 bits per heavy atom. The van der Waals surface area contributed by atoms with Crippen LogP contribution in [0, 0.1) is 13.8 Å². The van der Waals surface area contributed by atoms with Crippen molar-refractivity contribution in [3.8, 4) is 23.0 Å². The second kappa shape index (κ2) is 7.88. The molecule has 3 heterocycles. The van der Waals surface area contributed by atoms with Crippen molar-refractivity contribution in [3.05, 3.63) is 77.1 Å². The van der Waals surface area contributed by atoms with Gasteiger partial charge in [0.25, 0.3) is 5.95 Å². The number of fused-ring (bicyclic) bond motifs is 1. The number of anilines is 1. The fourth-order valence-corrected chi connectivity index (χ4v) is 4.24. The van der Waals surface area contributed by atoms with Gasteiger partial charge in [-0.15, -0.1) is 5.10 Å². The summed E-state index contributed by atoms with van der Waals surface area (Å²) in [5.74, 6) is 1.47. The molecule has 0 radical (unpaired) electrons. The van der Waals surface area contributed by atoms with E-state index in [0.717, 1.165) is 33.7 Å². The monoisotopic (exact) mass is 426 g/mol. The highest BCUT2D eigenvalue weighted by Gasteiger charge is 2.33. The summed E-state index contributed by atoms with van der Waals surface area (Å²) in [6.45, 7) is 4.00. The fourth-order valence-electron chi connectivity index (χ4n) is 4.24. The predicted molar refractivity (Wildman–Crippen MR) is 120 cm³/mol. The minimum absolute atomic E-state index is 0.0659. The quantitative estimate of drug-likeness (QED) is 0.533. The lowest BCUT2D eigenvalue weighted by molar-refractivity contribution is -0.116. The third kappa shape index (κ3) is 3.39. The van der Waals surface area contributed by atoms with E-state index in [1.807, 2.05) is 43.3 Å². The van der Waals surface area contributed by atoms with Crippen molar-refractivity contribution < 1.29 is 9.53 Å². The lowest BCUT2D eigenvalue weighted by Gasteiger charge is -2.25. The van der Waals surface area contributed by atoms with Gasteiger partial charge in [0.15, 0.2) is 0 Å². The van der Waals surface area contributed by atoms with E-state index in [1.54, 1.807) is 18.0 Å². The third-order valence-corrected chi connectivity index (χ3v) is 5.77. The molecular weight excluding hydrogens is 404 g/mol. The first-order valence-corrected chi connectivity index (χ1v) is 10.3. The molecule has 4 aromatic rings. The molecular formula is C24H22N6O2. The molecule has 1 aliphatic heterocycles. The number of rotatable bonds is 4. The summed E-state index contributed by atoms with van der Waals surface area (Å²) in [4.78, 5) is 17.3. The molecule has 32 heavy (non-hydrogen) atoms. The average molecular weight is 426 g/mol. The normalized spacial score (nSPS) is 15.2. The number of aromatic nitrogens is 5. The third-order valence-electron chi connectivity index (χ3n) is 5.77. The molecule has 160 valence electrons. The number of carbonyl (C=O) groups is 1. The molecule has 8 nitrogen and oxygen atoms in total. The number of aryl methyl sites for hydroxylation is 2. The molecule has 2 aromatic heterocycles. The van der Waals surface area contributed by atoms with Crippen LogP contribution in [-0.2, 0) is 4.79 Å². The average Bonchev–Trinajstić information content (AvgIpc) is 3.15. The van der Waals surface area contributed by atoms with Gasteiger partial charge in [-0.25, -0.2) is 4.98 Å². The van der Waals surface area contributed by atoms with Crippen LogP contribution in [0.2, 0.25) is 0 Å².